The van der Waals surface area contributed by atoms with E-state index in [0.717, 1.165) is 49.7 Å². The van der Waals surface area contributed by atoms with E-state index in [0.29, 0.717) is 38.0 Å². The second kappa shape index (κ2) is 9.88. The number of carbonyl (C=O) groups excluding carboxylic acids is 1. The van der Waals surface area contributed by atoms with Crippen LogP contribution in [0.5, 0.6) is 5.75 Å². The van der Waals surface area contributed by atoms with Gasteiger partial charge in [-0.25, -0.2) is 9.80 Å². The average Bonchev–Trinajstić information content (AvgIpc) is 3.17. The highest BCUT2D eigenvalue weighted by Crippen LogP contribution is 2.35. The third kappa shape index (κ3) is 4.97. The zero-order chi connectivity index (χ0) is 21.8. The molecule has 0 radical (unpaired) electrons. The van der Waals surface area contributed by atoms with Crippen LogP contribution in [0.2, 0.25) is 0 Å². The Hall–Kier alpha value is -2.30. The minimum atomic E-state index is -0.347. The van der Waals surface area contributed by atoms with Crippen LogP contribution < -0.4 is 19.9 Å². The monoisotopic (exact) mass is 449 g/mol. The molecule has 0 spiro atoms. The Kier molecular flexibility index (Phi) is 6.99. The fraction of sp³-hybridized carbons (Fsp3) is 0.619. The lowest BCUT2D eigenvalue weighted by molar-refractivity contribution is -0.0505. The molecule has 1 amide bonds. The first-order valence-corrected chi connectivity index (χ1v) is 11.3. The molecule has 0 aromatic heterocycles. The van der Waals surface area contributed by atoms with E-state index < -0.39 is 0 Å². The number of hydrogen-bond donors (Lipinski definition) is 1. The summed E-state index contributed by atoms with van der Waals surface area (Å²) in [6, 6.07) is 5.84. The van der Waals surface area contributed by atoms with Crippen LogP contribution in [0.4, 0.5) is 16.2 Å². The number of rotatable bonds is 6. The van der Waals surface area contributed by atoms with E-state index in [-0.39, 0.29) is 12.2 Å². The molecule has 3 heterocycles. The minimum absolute atomic E-state index is 0.279. The molecule has 0 unspecified atom stereocenters. The number of benzene rings is 1. The van der Waals surface area contributed by atoms with E-state index in [2.05, 4.69) is 27.2 Å². The lowest BCUT2D eigenvalue weighted by atomic mass is 10.2. The number of nitrogens with zero attached hydrogens (tertiary/aromatic N) is 4. The molecule has 1 atom stereocenters. The highest BCUT2D eigenvalue weighted by molar-refractivity contribution is 7.80. The van der Waals surface area contributed by atoms with Crippen LogP contribution >= 0.6 is 12.2 Å². The van der Waals surface area contributed by atoms with Gasteiger partial charge in [-0.2, -0.15) is 0 Å². The highest BCUT2D eigenvalue weighted by atomic mass is 32.1. The number of carbonyl (C=O) groups is 1. The zero-order valence-electron chi connectivity index (χ0n) is 18.2. The summed E-state index contributed by atoms with van der Waals surface area (Å²) in [6.45, 7) is 8.46. The van der Waals surface area contributed by atoms with Crippen molar-refractivity contribution in [1.82, 2.24) is 15.3 Å². The van der Waals surface area contributed by atoms with Gasteiger partial charge in [-0.1, -0.05) is 6.92 Å². The normalized spacial score (nSPS) is 21.4. The largest absolute Gasteiger partial charge is 0.489 e. The Balaban J connectivity index is 1.34. The topological polar surface area (TPSA) is 69.8 Å². The maximum atomic E-state index is 12.5. The van der Waals surface area contributed by atoms with E-state index in [1.807, 2.05) is 25.2 Å². The Morgan fingerprint density at radius 1 is 1.26 bits per heavy atom. The molecule has 170 valence electrons. The number of anilines is 2. The smallest absolute Gasteiger partial charge is 0.414 e. The summed E-state index contributed by atoms with van der Waals surface area (Å²) >= 11 is 5.64. The number of cyclic esters (lactones) is 1. The Morgan fingerprint density at radius 2 is 2.06 bits per heavy atom. The van der Waals surface area contributed by atoms with E-state index >= 15 is 0 Å². The van der Waals surface area contributed by atoms with E-state index in [1.54, 1.807) is 4.90 Å². The van der Waals surface area contributed by atoms with Crippen LogP contribution in [-0.4, -0.2) is 93.5 Å². The SMILES string of the molecule is CCCN(C(=S)NC[C@H]1CN(c2ccc3c(c2)OCCN3C)C(=O)O1)N1CCOCC1. The van der Waals surface area contributed by atoms with Crippen molar-refractivity contribution in [2.45, 2.75) is 19.4 Å². The summed E-state index contributed by atoms with van der Waals surface area (Å²) in [4.78, 5) is 16.3. The maximum absolute atomic E-state index is 12.5. The van der Waals surface area contributed by atoms with E-state index in [4.69, 9.17) is 26.4 Å². The summed E-state index contributed by atoms with van der Waals surface area (Å²) in [5.41, 5.74) is 1.82. The molecule has 0 bridgehead atoms. The van der Waals surface area contributed by atoms with Crippen LogP contribution in [0.1, 0.15) is 13.3 Å². The number of nitrogens with one attached hydrogen (secondary N) is 1. The van der Waals surface area contributed by atoms with Gasteiger partial charge in [-0.15, -0.1) is 0 Å². The fourth-order valence-corrected chi connectivity index (χ4v) is 4.31. The summed E-state index contributed by atoms with van der Waals surface area (Å²) in [6.07, 6.45) is 0.361. The molecular weight excluding hydrogens is 418 g/mol. The molecule has 1 aromatic carbocycles. The predicted octanol–water partition coefficient (Wildman–Crippen LogP) is 1.67. The van der Waals surface area contributed by atoms with Crippen molar-refractivity contribution in [3.63, 3.8) is 0 Å². The molecule has 3 aliphatic rings. The number of fused-ring (bicyclic) bond motifs is 1. The molecule has 1 N–H and O–H groups in total. The molecule has 0 saturated carbocycles. The van der Waals surface area contributed by atoms with Crippen LogP contribution in [0.3, 0.4) is 0 Å². The lowest BCUT2D eigenvalue weighted by Gasteiger charge is -2.38. The molecule has 10 heteroatoms. The first-order chi connectivity index (χ1) is 15.1. The van der Waals surface area contributed by atoms with Crippen molar-refractivity contribution in [3.8, 4) is 5.75 Å². The first-order valence-electron chi connectivity index (χ1n) is 10.9. The molecule has 4 rings (SSSR count). The summed E-state index contributed by atoms with van der Waals surface area (Å²) in [5.74, 6) is 0.794. The highest BCUT2D eigenvalue weighted by Gasteiger charge is 2.33. The molecular formula is C21H31N5O4S. The molecule has 3 aliphatic heterocycles. The zero-order valence-corrected chi connectivity index (χ0v) is 19.0. The second-order valence-corrected chi connectivity index (χ2v) is 8.30. The lowest BCUT2D eigenvalue weighted by Crippen LogP contribution is -2.55. The van der Waals surface area contributed by atoms with Crippen molar-refractivity contribution in [3.05, 3.63) is 18.2 Å². The van der Waals surface area contributed by atoms with Gasteiger partial charge in [0.1, 0.15) is 18.5 Å². The van der Waals surface area contributed by atoms with E-state index in [9.17, 15) is 4.79 Å². The van der Waals surface area contributed by atoms with Gasteiger partial charge in [0.2, 0.25) is 0 Å². The maximum Gasteiger partial charge on any atom is 0.414 e. The Bertz CT molecular complexity index is 804. The molecule has 2 fully saturated rings. The summed E-state index contributed by atoms with van der Waals surface area (Å²) < 4.78 is 16.8. The number of morpholine rings is 1. The van der Waals surface area contributed by atoms with Crippen LogP contribution in [0, 0.1) is 0 Å². The molecule has 31 heavy (non-hydrogen) atoms. The van der Waals surface area contributed by atoms with E-state index in [1.165, 1.54) is 0 Å². The quantitative estimate of drug-likeness (QED) is 0.653. The third-order valence-electron chi connectivity index (χ3n) is 5.70. The standard InChI is InChI=1S/C21H31N5O4S/c1-3-6-26(24-8-10-28-11-9-24)20(31)22-14-17-15-25(21(27)30-17)16-4-5-18-19(13-16)29-12-7-23(18)2/h4-5,13,17H,3,6-12,14-15H2,1-2H3,(H,22,31)/t17-/m0/s1. The number of hydrazine groups is 1. The Labute approximate surface area is 188 Å². The van der Waals surface area contributed by atoms with Gasteiger partial charge in [-0.05, 0) is 30.8 Å². The van der Waals surface area contributed by atoms with Gasteiger partial charge in [0.25, 0.3) is 0 Å². The Morgan fingerprint density at radius 3 is 2.84 bits per heavy atom. The van der Waals surface area contributed by atoms with Crippen LogP contribution in [0.25, 0.3) is 0 Å². The summed E-state index contributed by atoms with van der Waals surface area (Å²) in [7, 11) is 2.04. The number of ether oxygens (including phenoxy) is 3. The fourth-order valence-electron chi connectivity index (χ4n) is 4.02. The van der Waals surface area contributed by atoms with Crippen molar-refractivity contribution >= 4 is 34.8 Å². The average molecular weight is 450 g/mol. The van der Waals surface area contributed by atoms with Crippen LogP contribution in [-0.2, 0) is 9.47 Å². The second-order valence-electron chi connectivity index (χ2n) is 7.91. The van der Waals surface area contributed by atoms with Gasteiger partial charge in [0.05, 0.1) is 44.2 Å². The van der Waals surface area contributed by atoms with Crippen molar-refractivity contribution in [2.75, 3.05) is 75.9 Å². The van der Waals surface area contributed by atoms with Gasteiger partial charge >= 0.3 is 6.09 Å². The minimum Gasteiger partial charge on any atom is -0.489 e. The van der Waals surface area contributed by atoms with Crippen molar-refractivity contribution < 1.29 is 19.0 Å². The number of likely N-dealkylation sites (N-methyl/N-ethyl adjacent to an activating group) is 1. The summed E-state index contributed by atoms with van der Waals surface area (Å²) in [5, 5.41) is 8.27. The predicted molar refractivity (Wildman–Crippen MR) is 123 cm³/mol. The first kappa shape index (κ1) is 21.9. The van der Waals surface area contributed by atoms with Gasteiger partial charge in [-0.3, -0.25) is 9.91 Å². The van der Waals surface area contributed by atoms with Crippen LogP contribution in [0.15, 0.2) is 18.2 Å². The van der Waals surface area contributed by atoms with Gasteiger partial charge in [0.15, 0.2) is 5.11 Å². The van der Waals surface area contributed by atoms with Crippen molar-refractivity contribution in [2.24, 2.45) is 0 Å². The molecule has 1 aromatic rings. The van der Waals surface area contributed by atoms with Gasteiger partial charge in [0, 0.05) is 32.7 Å². The van der Waals surface area contributed by atoms with Crippen molar-refractivity contribution in [1.29, 1.82) is 0 Å². The third-order valence-corrected chi connectivity index (χ3v) is 6.06. The molecule has 9 nitrogen and oxygen atoms in total. The number of hydrogen-bond acceptors (Lipinski definition) is 7. The number of thiocarbonyl (C=S) groups is 1. The van der Waals surface area contributed by atoms with Gasteiger partial charge < -0.3 is 24.4 Å². The molecule has 0 aliphatic carbocycles. The molecule has 2 saturated heterocycles. The number of amides is 1.